The summed E-state index contributed by atoms with van der Waals surface area (Å²) in [4.78, 5) is 30.6. The lowest BCUT2D eigenvalue weighted by molar-refractivity contribution is -0.144. The van der Waals surface area contributed by atoms with Crippen LogP contribution in [-0.4, -0.2) is 45.8 Å². The Morgan fingerprint density at radius 1 is 1.53 bits per heavy atom. The van der Waals surface area contributed by atoms with Crippen LogP contribution >= 0.6 is 0 Å². The summed E-state index contributed by atoms with van der Waals surface area (Å²) < 4.78 is 5.04. The molecule has 8 heteroatoms. The first kappa shape index (κ1) is 13.2. The predicted molar refractivity (Wildman–Crippen MR) is 63.2 cm³/mol. The Bertz CT molecular complexity index is 459. The number of aliphatic carboxylic acids is 1. The van der Waals surface area contributed by atoms with Gasteiger partial charge in [-0.1, -0.05) is 0 Å². The summed E-state index contributed by atoms with van der Waals surface area (Å²) in [5, 5.41) is 14.1. The number of rotatable bonds is 4. The number of amides is 2. The van der Waals surface area contributed by atoms with E-state index >= 15 is 0 Å². The average Bonchev–Trinajstić information content (AvgIpc) is 2.87. The van der Waals surface area contributed by atoms with E-state index in [0.29, 0.717) is 12.3 Å². The Labute approximate surface area is 109 Å². The highest BCUT2D eigenvalue weighted by Gasteiger charge is 2.43. The first-order valence-electron chi connectivity index (χ1n) is 5.74. The number of carboxylic acids is 1. The minimum absolute atomic E-state index is 0.0245. The van der Waals surface area contributed by atoms with Crippen molar-refractivity contribution in [2.24, 2.45) is 0 Å². The standard InChI is InChI=1S/C11H14N4O4/c16-9(17)11(2-4-19-6-11)15-10(18)13-5-8-1-3-12-7-14-8/h1,3,7H,2,4-6H2,(H,16,17)(H2,13,15,18). The zero-order valence-corrected chi connectivity index (χ0v) is 10.1. The largest absolute Gasteiger partial charge is 0.479 e. The minimum Gasteiger partial charge on any atom is -0.479 e. The van der Waals surface area contributed by atoms with Gasteiger partial charge in [0.2, 0.25) is 0 Å². The van der Waals surface area contributed by atoms with Crippen molar-refractivity contribution in [1.29, 1.82) is 0 Å². The van der Waals surface area contributed by atoms with E-state index in [0.717, 1.165) is 0 Å². The molecule has 8 nitrogen and oxygen atoms in total. The lowest BCUT2D eigenvalue weighted by Crippen LogP contribution is -2.57. The second-order valence-corrected chi connectivity index (χ2v) is 4.20. The molecule has 1 aliphatic heterocycles. The van der Waals surface area contributed by atoms with E-state index in [1.165, 1.54) is 6.33 Å². The molecular formula is C11H14N4O4. The molecule has 2 amide bonds. The monoisotopic (exact) mass is 266 g/mol. The van der Waals surface area contributed by atoms with Gasteiger partial charge in [-0.2, -0.15) is 0 Å². The summed E-state index contributed by atoms with van der Waals surface area (Å²) in [6.07, 6.45) is 3.19. The van der Waals surface area contributed by atoms with E-state index in [1.807, 2.05) is 0 Å². The maximum Gasteiger partial charge on any atom is 0.332 e. The van der Waals surface area contributed by atoms with Gasteiger partial charge in [0, 0.05) is 19.2 Å². The summed E-state index contributed by atoms with van der Waals surface area (Å²) in [7, 11) is 0. The second kappa shape index (κ2) is 5.61. The summed E-state index contributed by atoms with van der Waals surface area (Å²) in [6, 6.07) is 1.10. The maximum atomic E-state index is 11.7. The van der Waals surface area contributed by atoms with Gasteiger partial charge in [0.1, 0.15) is 6.33 Å². The summed E-state index contributed by atoms with van der Waals surface area (Å²) in [6.45, 7) is 0.493. The van der Waals surface area contributed by atoms with E-state index in [1.54, 1.807) is 12.3 Å². The molecule has 3 N–H and O–H groups in total. The van der Waals surface area contributed by atoms with Crippen LogP contribution in [0.5, 0.6) is 0 Å². The Balaban J connectivity index is 1.88. The maximum absolute atomic E-state index is 11.7. The van der Waals surface area contributed by atoms with Crippen molar-refractivity contribution < 1.29 is 19.4 Å². The summed E-state index contributed by atoms with van der Waals surface area (Å²) in [5.74, 6) is -1.10. The fourth-order valence-electron chi connectivity index (χ4n) is 1.74. The molecule has 2 rings (SSSR count). The van der Waals surface area contributed by atoms with Gasteiger partial charge in [-0.3, -0.25) is 0 Å². The fraction of sp³-hybridized carbons (Fsp3) is 0.455. The zero-order valence-electron chi connectivity index (χ0n) is 10.1. The number of carboxylic acid groups (broad SMARTS) is 1. The van der Waals surface area contributed by atoms with Gasteiger partial charge in [0.05, 0.1) is 18.8 Å². The zero-order chi connectivity index (χ0) is 13.7. The number of nitrogens with zero attached hydrogens (tertiary/aromatic N) is 2. The molecule has 19 heavy (non-hydrogen) atoms. The lowest BCUT2D eigenvalue weighted by atomic mass is 9.99. The van der Waals surface area contributed by atoms with Crippen LogP contribution in [0, 0.1) is 0 Å². The number of aromatic nitrogens is 2. The number of nitrogens with one attached hydrogen (secondary N) is 2. The van der Waals surface area contributed by atoms with E-state index in [9.17, 15) is 9.59 Å². The van der Waals surface area contributed by atoms with Gasteiger partial charge in [-0.15, -0.1) is 0 Å². The molecule has 0 aromatic carbocycles. The van der Waals surface area contributed by atoms with Crippen LogP contribution < -0.4 is 10.6 Å². The third kappa shape index (κ3) is 3.16. The molecule has 1 aliphatic rings. The van der Waals surface area contributed by atoms with Crippen LogP contribution in [-0.2, 0) is 16.1 Å². The molecule has 1 saturated heterocycles. The first-order chi connectivity index (χ1) is 9.12. The van der Waals surface area contributed by atoms with Crippen LogP contribution in [0.3, 0.4) is 0 Å². The molecule has 0 spiro atoms. The van der Waals surface area contributed by atoms with Crippen molar-refractivity contribution in [3.8, 4) is 0 Å². The van der Waals surface area contributed by atoms with E-state index in [-0.39, 0.29) is 19.6 Å². The molecule has 0 aliphatic carbocycles. The Kier molecular flexibility index (Phi) is 3.91. The molecular weight excluding hydrogens is 252 g/mol. The van der Waals surface area contributed by atoms with E-state index in [2.05, 4.69) is 20.6 Å². The number of hydrogen-bond donors (Lipinski definition) is 3. The predicted octanol–water partition coefficient (Wildman–Crippen LogP) is -0.481. The molecule has 1 unspecified atom stereocenters. The SMILES string of the molecule is O=C(NCc1ccncn1)NC1(C(=O)O)CCOC1. The smallest absolute Gasteiger partial charge is 0.332 e. The van der Waals surface area contributed by atoms with Crippen molar-refractivity contribution in [3.63, 3.8) is 0 Å². The number of carbonyl (C=O) groups is 2. The van der Waals surface area contributed by atoms with Gasteiger partial charge in [-0.25, -0.2) is 19.6 Å². The van der Waals surface area contributed by atoms with Crippen molar-refractivity contribution in [2.45, 2.75) is 18.5 Å². The fourth-order valence-corrected chi connectivity index (χ4v) is 1.74. The van der Waals surface area contributed by atoms with Crippen molar-refractivity contribution in [1.82, 2.24) is 20.6 Å². The number of urea groups is 1. The topological polar surface area (TPSA) is 113 Å². The number of carbonyl (C=O) groups excluding carboxylic acids is 1. The molecule has 1 aromatic rings. The quantitative estimate of drug-likeness (QED) is 0.678. The van der Waals surface area contributed by atoms with E-state index < -0.39 is 17.5 Å². The third-order valence-electron chi connectivity index (χ3n) is 2.86. The van der Waals surface area contributed by atoms with Crippen molar-refractivity contribution >= 4 is 12.0 Å². The van der Waals surface area contributed by atoms with Gasteiger partial charge in [-0.05, 0) is 6.07 Å². The van der Waals surface area contributed by atoms with Crippen LogP contribution in [0.2, 0.25) is 0 Å². The van der Waals surface area contributed by atoms with Crippen molar-refractivity contribution in [3.05, 3.63) is 24.3 Å². The molecule has 0 saturated carbocycles. The highest BCUT2D eigenvalue weighted by atomic mass is 16.5. The molecule has 1 atom stereocenters. The normalized spacial score (nSPS) is 21.9. The summed E-state index contributed by atoms with van der Waals surface area (Å²) >= 11 is 0. The van der Waals surface area contributed by atoms with Gasteiger partial charge < -0.3 is 20.5 Å². The molecule has 2 heterocycles. The molecule has 1 fully saturated rings. The van der Waals surface area contributed by atoms with Gasteiger partial charge in [0.25, 0.3) is 0 Å². The molecule has 102 valence electrons. The van der Waals surface area contributed by atoms with Gasteiger partial charge in [0.15, 0.2) is 5.54 Å². The van der Waals surface area contributed by atoms with Crippen molar-refractivity contribution in [2.75, 3.05) is 13.2 Å². The Morgan fingerprint density at radius 2 is 2.37 bits per heavy atom. The average molecular weight is 266 g/mol. The van der Waals surface area contributed by atoms with Crippen LogP contribution in [0.4, 0.5) is 4.79 Å². The highest BCUT2D eigenvalue weighted by Crippen LogP contribution is 2.18. The number of ether oxygens (including phenoxy) is 1. The minimum atomic E-state index is -1.34. The Hall–Kier alpha value is -2.22. The second-order valence-electron chi connectivity index (χ2n) is 4.20. The first-order valence-corrected chi connectivity index (χ1v) is 5.74. The van der Waals surface area contributed by atoms with Crippen LogP contribution in [0.15, 0.2) is 18.6 Å². The molecule has 1 aromatic heterocycles. The number of hydrogen-bond acceptors (Lipinski definition) is 5. The molecule has 0 radical (unpaired) electrons. The Morgan fingerprint density at radius 3 is 2.95 bits per heavy atom. The lowest BCUT2D eigenvalue weighted by Gasteiger charge is -2.23. The summed E-state index contributed by atoms with van der Waals surface area (Å²) in [5.41, 5.74) is -0.701. The highest BCUT2D eigenvalue weighted by molar-refractivity contribution is 5.86. The van der Waals surface area contributed by atoms with Crippen LogP contribution in [0.25, 0.3) is 0 Å². The third-order valence-corrected chi connectivity index (χ3v) is 2.86. The van der Waals surface area contributed by atoms with Gasteiger partial charge >= 0.3 is 12.0 Å². The van der Waals surface area contributed by atoms with E-state index in [4.69, 9.17) is 9.84 Å². The molecule has 0 bridgehead atoms. The van der Waals surface area contributed by atoms with Crippen LogP contribution in [0.1, 0.15) is 12.1 Å².